The van der Waals surface area contributed by atoms with Crippen molar-refractivity contribution >= 4 is 17.6 Å². The van der Waals surface area contributed by atoms with E-state index >= 15 is 0 Å². The molecule has 2 N–H and O–H groups in total. The number of hydrogen-bond donors (Lipinski definition) is 2. The number of aryl methyl sites for hydroxylation is 2. The molecule has 92 valence electrons. The molecule has 0 saturated heterocycles. The summed E-state index contributed by atoms with van der Waals surface area (Å²) in [5.41, 5.74) is 2.17. The van der Waals surface area contributed by atoms with Gasteiger partial charge in [0.15, 0.2) is 0 Å². The van der Waals surface area contributed by atoms with Crippen molar-refractivity contribution in [1.82, 2.24) is 4.98 Å². The average Bonchev–Trinajstić information content (AvgIpc) is 2.21. The van der Waals surface area contributed by atoms with Crippen LogP contribution < -0.4 is 5.32 Å². The number of amides is 1. The van der Waals surface area contributed by atoms with Gasteiger partial charge >= 0.3 is 5.97 Å². The van der Waals surface area contributed by atoms with Crippen LogP contribution in [0.15, 0.2) is 12.1 Å². The van der Waals surface area contributed by atoms with Crippen LogP contribution in [0.2, 0.25) is 0 Å². The molecule has 0 aliphatic rings. The second kappa shape index (κ2) is 5.95. The molecule has 0 bridgehead atoms. The predicted octanol–water partition coefficient (Wildman–Crippen LogP) is 0.738. The standard InChI is InChI=1S/C11H14N2O4/c1-7-3-4-9(8(2)12-7)13-10(14)5-17-6-11(15)16/h3-4H,5-6H2,1-2H3,(H,13,14)(H,15,16). The molecule has 6 nitrogen and oxygen atoms in total. The summed E-state index contributed by atoms with van der Waals surface area (Å²) in [6, 6.07) is 3.52. The number of nitrogens with one attached hydrogen (secondary N) is 1. The fourth-order valence-corrected chi connectivity index (χ4v) is 1.24. The minimum absolute atomic E-state index is 0.292. The van der Waals surface area contributed by atoms with Crippen molar-refractivity contribution in [2.75, 3.05) is 18.5 Å². The number of hydrogen-bond acceptors (Lipinski definition) is 4. The lowest BCUT2D eigenvalue weighted by atomic mass is 10.3. The predicted molar refractivity (Wildman–Crippen MR) is 60.8 cm³/mol. The molecule has 0 aromatic carbocycles. The molecular formula is C11H14N2O4. The van der Waals surface area contributed by atoms with Crippen LogP contribution in [0, 0.1) is 13.8 Å². The second-order valence-electron chi connectivity index (χ2n) is 3.52. The van der Waals surface area contributed by atoms with E-state index in [2.05, 4.69) is 15.0 Å². The van der Waals surface area contributed by atoms with Gasteiger partial charge in [-0.05, 0) is 26.0 Å². The van der Waals surface area contributed by atoms with Gasteiger partial charge in [-0.2, -0.15) is 0 Å². The third-order valence-electron chi connectivity index (χ3n) is 1.96. The van der Waals surface area contributed by atoms with E-state index in [9.17, 15) is 9.59 Å². The van der Waals surface area contributed by atoms with Crippen molar-refractivity contribution in [3.63, 3.8) is 0 Å². The van der Waals surface area contributed by atoms with Gasteiger partial charge in [-0.3, -0.25) is 9.78 Å². The molecule has 1 heterocycles. The molecule has 0 saturated carbocycles. The summed E-state index contributed by atoms with van der Waals surface area (Å²) in [6.45, 7) is 2.85. The molecule has 0 spiro atoms. The monoisotopic (exact) mass is 238 g/mol. The minimum Gasteiger partial charge on any atom is -0.480 e. The number of carboxylic acids is 1. The van der Waals surface area contributed by atoms with Gasteiger partial charge in [0.2, 0.25) is 5.91 Å². The summed E-state index contributed by atoms with van der Waals surface area (Å²) in [4.78, 5) is 25.7. The minimum atomic E-state index is -1.11. The quantitative estimate of drug-likeness (QED) is 0.789. The molecule has 0 radical (unpaired) electrons. The van der Waals surface area contributed by atoms with Gasteiger partial charge in [-0.1, -0.05) is 0 Å². The van der Waals surface area contributed by atoms with Crippen molar-refractivity contribution < 1.29 is 19.4 Å². The zero-order valence-corrected chi connectivity index (χ0v) is 9.69. The number of aliphatic carboxylic acids is 1. The first-order valence-electron chi connectivity index (χ1n) is 5.02. The van der Waals surface area contributed by atoms with Gasteiger partial charge in [0, 0.05) is 5.69 Å². The normalized spacial score (nSPS) is 10.0. The van der Waals surface area contributed by atoms with Crippen LogP contribution in [0.4, 0.5) is 5.69 Å². The summed E-state index contributed by atoms with van der Waals surface area (Å²) in [5.74, 6) is -1.51. The number of anilines is 1. The Balaban J connectivity index is 2.48. The van der Waals surface area contributed by atoms with Crippen LogP contribution in [0.1, 0.15) is 11.4 Å². The van der Waals surface area contributed by atoms with Crippen LogP contribution in [0.3, 0.4) is 0 Å². The van der Waals surface area contributed by atoms with Crippen LogP contribution in [0.5, 0.6) is 0 Å². The zero-order chi connectivity index (χ0) is 12.8. The topological polar surface area (TPSA) is 88.5 Å². The van der Waals surface area contributed by atoms with E-state index in [0.717, 1.165) is 5.69 Å². The molecule has 0 aliphatic heterocycles. The molecule has 0 fully saturated rings. The molecule has 1 aromatic rings. The van der Waals surface area contributed by atoms with Crippen molar-refractivity contribution in [1.29, 1.82) is 0 Å². The molecular weight excluding hydrogens is 224 g/mol. The Kier molecular flexibility index (Phi) is 4.59. The Morgan fingerprint density at radius 1 is 1.35 bits per heavy atom. The van der Waals surface area contributed by atoms with Gasteiger partial charge in [0.25, 0.3) is 0 Å². The van der Waals surface area contributed by atoms with Crippen molar-refractivity contribution in [2.45, 2.75) is 13.8 Å². The van der Waals surface area contributed by atoms with Gasteiger partial charge in [-0.25, -0.2) is 4.79 Å². The average molecular weight is 238 g/mol. The summed E-state index contributed by atoms with van der Waals surface area (Å²) in [5, 5.41) is 10.9. The molecule has 17 heavy (non-hydrogen) atoms. The van der Waals surface area contributed by atoms with Crippen molar-refractivity contribution in [3.05, 3.63) is 23.5 Å². The van der Waals surface area contributed by atoms with Gasteiger partial charge in [0.05, 0.1) is 11.4 Å². The lowest BCUT2D eigenvalue weighted by Crippen LogP contribution is -2.21. The van der Waals surface area contributed by atoms with Crippen LogP contribution >= 0.6 is 0 Å². The fraction of sp³-hybridized carbons (Fsp3) is 0.364. The third-order valence-corrected chi connectivity index (χ3v) is 1.96. The number of carbonyl (C=O) groups excluding carboxylic acids is 1. The summed E-state index contributed by atoms with van der Waals surface area (Å²) < 4.78 is 4.66. The number of pyridine rings is 1. The van der Waals surface area contributed by atoms with Crippen LogP contribution in [-0.2, 0) is 14.3 Å². The largest absolute Gasteiger partial charge is 0.480 e. The van der Waals surface area contributed by atoms with E-state index in [1.807, 2.05) is 6.92 Å². The third kappa shape index (κ3) is 4.60. The molecule has 6 heteroatoms. The lowest BCUT2D eigenvalue weighted by molar-refractivity contribution is -0.143. The first-order valence-corrected chi connectivity index (χ1v) is 5.02. The molecule has 1 aromatic heterocycles. The number of ether oxygens (including phenoxy) is 1. The van der Waals surface area contributed by atoms with E-state index < -0.39 is 18.5 Å². The highest BCUT2D eigenvalue weighted by atomic mass is 16.5. The highest BCUT2D eigenvalue weighted by Crippen LogP contribution is 2.12. The summed E-state index contributed by atoms with van der Waals surface area (Å²) >= 11 is 0. The fourth-order valence-electron chi connectivity index (χ4n) is 1.24. The van der Waals surface area contributed by atoms with E-state index in [0.29, 0.717) is 11.4 Å². The van der Waals surface area contributed by atoms with E-state index in [4.69, 9.17) is 5.11 Å². The highest BCUT2D eigenvalue weighted by molar-refractivity contribution is 5.92. The Bertz CT molecular complexity index is 431. The van der Waals surface area contributed by atoms with Gasteiger partial charge in [0.1, 0.15) is 13.2 Å². The maximum atomic E-state index is 11.4. The van der Waals surface area contributed by atoms with Crippen molar-refractivity contribution in [2.24, 2.45) is 0 Å². The molecule has 0 atom stereocenters. The molecule has 0 aliphatic carbocycles. The number of carbonyl (C=O) groups is 2. The van der Waals surface area contributed by atoms with Gasteiger partial charge in [-0.15, -0.1) is 0 Å². The van der Waals surface area contributed by atoms with E-state index in [1.54, 1.807) is 19.1 Å². The smallest absolute Gasteiger partial charge is 0.329 e. The first kappa shape index (κ1) is 13.1. The molecule has 0 unspecified atom stereocenters. The van der Waals surface area contributed by atoms with Gasteiger partial charge < -0.3 is 15.2 Å². The highest BCUT2D eigenvalue weighted by Gasteiger charge is 2.06. The number of rotatable bonds is 5. The van der Waals surface area contributed by atoms with E-state index in [-0.39, 0.29) is 6.61 Å². The first-order chi connectivity index (χ1) is 7.99. The Labute approximate surface area is 98.6 Å². The lowest BCUT2D eigenvalue weighted by Gasteiger charge is -2.08. The SMILES string of the molecule is Cc1ccc(NC(=O)COCC(=O)O)c(C)n1. The number of carboxylic acid groups (broad SMARTS) is 1. The maximum absolute atomic E-state index is 11.4. The maximum Gasteiger partial charge on any atom is 0.329 e. The Morgan fingerprint density at radius 2 is 2.06 bits per heavy atom. The summed E-state index contributed by atoms with van der Waals surface area (Å²) in [6.07, 6.45) is 0. The molecule has 1 amide bonds. The van der Waals surface area contributed by atoms with E-state index in [1.165, 1.54) is 0 Å². The van der Waals surface area contributed by atoms with Crippen LogP contribution in [-0.4, -0.2) is 35.2 Å². The van der Waals surface area contributed by atoms with Crippen molar-refractivity contribution in [3.8, 4) is 0 Å². The molecule has 1 rings (SSSR count). The second-order valence-corrected chi connectivity index (χ2v) is 3.52. The number of nitrogens with zero attached hydrogens (tertiary/aromatic N) is 1. The Morgan fingerprint density at radius 3 is 2.65 bits per heavy atom. The number of aromatic nitrogens is 1. The Hall–Kier alpha value is -1.95. The van der Waals surface area contributed by atoms with Crippen LogP contribution in [0.25, 0.3) is 0 Å². The zero-order valence-electron chi connectivity index (χ0n) is 9.69. The summed E-state index contributed by atoms with van der Waals surface area (Å²) in [7, 11) is 0.